The lowest BCUT2D eigenvalue weighted by Gasteiger charge is -2.39. The fraction of sp³-hybridized carbons (Fsp3) is 0.476. The molecule has 8 nitrogen and oxygen atoms in total. The third kappa shape index (κ3) is 5.32. The first-order valence-corrected chi connectivity index (χ1v) is 11.2. The molecule has 2 fully saturated rings. The van der Waals surface area contributed by atoms with E-state index in [0.29, 0.717) is 36.3 Å². The van der Waals surface area contributed by atoms with Crippen LogP contribution in [0.4, 0.5) is 24.9 Å². The topological polar surface area (TPSA) is 114 Å². The van der Waals surface area contributed by atoms with E-state index in [4.69, 9.17) is 10.5 Å². The second-order valence-corrected chi connectivity index (χ2v) is 9.39. The molecule has 2 aromatic rings. The molecule has 1 spiro atoms. The van der Waals surface area contributed by atoms with Gasteiger partial charge in [0, 0.05) is 35.7 Å². The number of benzene rings is 1. The maximum atomic E-state index is 13.7. The predicted octanol–water partition coefficient (Wildman–Crippen LogP) is 3.54. The second-order valence-electron chi connectivity index (χ2n) is 8.48. The molecule has 33 heavy (non-hydrogen) atoms. The Morgan fingerprint density at radius 3 is 2.52 bits per heavy atom. The van der Waals surface area contributed by atoms with Crippen molar-refractivity contribution in [1.82, 2.24) is 15.3 Å². The number of aromatic nitrogens is 2. The number of carbonyl (C=O) groups is 1. The molecule has 12 heteroatoms. The Morgan fingerprint density at radius 2 is 1.94 bits per heavy atom. The van der Waals surface area contributed by atoms with Crippen LogP contribution in [0.3, 0.4) is 0 Å². The Morgan fingerprint density at radius 1 is 1.27 bits per heavy atom. The van der Waals surface area contributed by atoms with E-state index in [9.17, 15) is 23.1 Å². The minimum absolute atomic E-state index is 0.0638. The summed E-state index contributed by atoms with van der Waals surface area (Å²) in [5.74, 6) is -0.932. The van der Waals surface area contributed by atoms with Gasteiger partial charge in [-0.05, 0) is 36.8 Å². The Kier molecular flexibility index (Phi) is 6.41. The molecule has 1 unspecified atom stereocenters. The standard InChI is InChI=1S/C21H23BrF3N5O3/c22-13-3-1-12(2-4-13)17(21(23,24)25)33-16-9-15(28-19(26)29-16)30-7-5-20(6-8-30)10-14(18(31)32)27-11-20/h1-4,9,14,17,27H,5-8,10-11H2,(H,31,32)(H2,26,28,29)/t14-,17?/m0/s1. The van der Waals surface area contributed by atoms with Gasteiger partial charge in [-0.1, -0.05) is 28.1 Å². The lowest BCUT2D eigenvalue weighted by molar-refractivity contribution is -0.198. The molecule has 2 saturated heterocycles. The van der Waals surface area contributed by atoms with Crippen LogP contribution in [0, 0.1) is 5.41 Å². The maximum absolute atomic E-state index is 13.7. The van der Waals surface area contributed by atoms with E-state index >= 15 is 0 Å². The molecule has 0 bridgehead atoms. The molecule has 4 N–H and O–H groups in total. The first kappa shape index (κ1) is 23.6. The Labute approximate surface area is 196 Å². The normalized spacial score (nSPS) is 21.2. The number of carboxylic acid groups (broad SMARTS) is 1. The van der Waals surface area contributed by atoms with Gasteiger partial charge >= 0.3 is 12.1 Å². The third-order valence-corrected chi connectivity index (χ3v) is 6.75. The van der Waals surface area contributed by atoms with Crippen LogP contribution in [-0.4, -0.2) is 52.9 Å². The van der Waals surface area contributed by atoms with Crippen LogP contribution in [0.2, 0.25) is 0 Å². The second kappa shape index (κ2) is 8.98. The molecule has 2 aliphatic heterocycles. The molecule has 178 valence electrons. The summed E-state index contributed by atoms with van der Waals surface area (Å²) in [5.41, 5.74) is 5.61. The average molecular weight is 530 g/mol. The van der Waals surface area contributed by atoms with E-state index in [1.54, 1.807) is 0 Å². The number of nitrogens with zero attached hydrogens (tertiary/aromatic N) is 3. The van der Waals surface area contributed by atoms with Crippen LogP contribution in [0.15, 0.2) is 34.8 Å². The largest absolute Gasteiger partial charge is 0.480 e. The number of aliphatic carboxylic acids is 1. The van der Waals surface area contributed by atoms with Gasteiger partial charge in [0.1, 0.15) is 11.9 Å². The Hall–Kier alpha value is -2.60. The number of rotatable bonds is 5. The molecule has 2 aliphatic rings. The molecule has 2 atom stereocenters. The summed E-state index contributed by atoms with van der Waals surface area (Å²) in [5, 5.41) is 12.3. The highest BCUT2D eigenvalue weighted by Crippen LogP contribution is 2.41. The van der Waals surface area contributed by atoms with Crippen molar-refractivity contribution >= 4 is 33.7 Å². The van der Waals surface area contributed by atoms with Crippen molar-refractivity contribution in [1.29, 1.82) is 0 Å². The van der Waals surface area contributed by atoms with Crippen LogP contribution >= 0.6 is 15.9 Å². The molecule has 1 aromatic carbocycles. The summed E-state index contributed by atoms with van der Waals surface area (Å²) >= 11 is 3.21. The minimum Gasteiger partial charge on any atom is -0.480 e. The molecule has 0 amide bonds. The third-order valence-electron chi connectivity index (χ3n) is 6.22. The SMILES string of the molecule is Nc1nc(OC(c2ccc(Br)cc2)C(F)(F)F)cc(N2CCC3(CC2)CN[C@H](C(=O)O)C3)n1. The van der Waals surface area contributed by atoms with Gasteiger partial charge in [-0.15, -0.1) is 0 Å². The van der Waals surface area contributed by atoms with E-state index < -0.39 is 24.3 Å². The zero-order chi connectivity index (χ0) is 23.8. The highest BCUT2D eigenvalue weighted by Gasteiger charge is 2.45. The number of halogens is 4. The zero-order valence-corrected chi connectivity index (χ0v) is 19.1. The fourth-order valence-corrected chi connectivity index (χ4v) is 4.68. The Bertz CT molecular complexity index is 1010. The van der Waals surface area contributed by atoms with E-state index in [0.717, 1.165) is 12.8 Å². The molecular formula is C21H23BrF3N5O3. The number of nitrogen functional groups attached to an aromatic ring is 1. The Balaban J connectivity index is 1.50. The van der Waals surface area contributed by atoms with Crippen molar-refractivity contribution in [2.24, 2.45) is 5.41 Å². The lowest BCUT2D eigenvalue weighted by Crippen LogP contribution is -2.41. The highest BCUT2D eigenvalue weighted by molar-refractivity contribution is 9.10. The van der Waals surface area contributed by atoms with Gasteiger partial charge in [0.15, 0.2) is 0 Å². The summed E-state index contributed by atoms with van der Waals surface area (Å²) < 4.78 is 47.1. The predicted molar refractivity (Wildman–Crippen MR) is 118 cm³/mol. The summed E-state index contributed by atoms with van der Waals surface area (Å²) in [6.45, 7) is 1.76. The average Bonchev–Trinajstić information content (AvgIpc) is 3.16. The number of anilines is 2. The van der Waals surface area contributed by atoms with E-state index in [1.807, 2.05) is 4.90 Å². The van der Waals surface area contributed by atoms with Crippen molar-refractivity contribution in [2.45, 2.75) is 37.6 Å². The van der Waals surface area contributed by atoms with Crippen molar-refractivity contribution in [3.63, 3.8) is 0 Å². The van der Waals surface area contributed by atoms with Gasteiger partial charge in [-0.3, -0.25) is 4.79 Å². The summed E-state index contributed by atoms with van der Waals surface area (Å²) in [7, 11) is 0. The maximum Gasteiger partial charge on any atom is 0.429 e. The number of hydrogen-bond acceptors (Lipinski definition) is 7. The molecule has 0 saturated carbocycles. The molecule has 0 radical (unpaired) electrons. The molecule has 0 aliphatic carbocycles. The molecule has 4 rings (SSSR count). The van der Waals surface area contributed by atoms with Crippen molar-refractivity contribution < 1.29 is 27.8 Å². The smallest absolute Gasteiger partial charge is 0.429 e. The number of piperidine rings is 1. The zero-order valence-electron chi connectivity index (χ0n) is 17.5. The van der Waals surface area contributed by atoms with Gasteiger partial charge in [0.05, 0.1) is 0 Å². The van der Waals surface area contributed by atoms with Gasteiger partial charge < -0.3 is 25.8 Å². The molecule has 3 heterocycles. The van der Waals surface area contributed by atoms with E-state index in [2.05, 4.69) is 31.2 Å². The highest BCUT2D eigenvalue weighted by atomic mass is 79.9. The lowest BCUT2D eigenvalue weighted by atomic mass is 9.76. The first-order valence-electron chi connectivity index (χ1n) is 10.4. The first-order chi connectivity index (χ1) is 15.5. The molecule has 1 aromatic heterocycles. The van der Waals surface area contributed by atoms with Crippen LogP contribution in [0.25, 0.3) is 0 Å². The monoisotopic (exact) mass is 529 g/mol. The van der Waals surface area contributed by atoms with Crippen LogP contribution in [0.5, 0.6) is 5.88 Å². The van der Waals surface area contributed by atoms with E-state index in [1.165, 1.54) is 30.3 Å². The summed E-state index contributed by atoms with van der Waals surface area (Å²) in [6.07, 6.45) is -4.87. The summed E-state index contributed by atoms with van der Waals surface area (Å²) in [4.78, 5) is 21.2. The van der Waals surface area contributed by atoms with Gasteiger partial charge in [-0.25, -0.2) is 0 Å². The number of nitrogens with two attached hydrogens (primary N) is 1. The van der Waals surface area contributed by atoms with Crippen molar-refractivity contribution in [3.05, 3.63) is 40.4 Å². The fourth-order valence-electron chi connectivity index (χ4n) is 4.42. The number of carboxylic acids is 1. The number of nitrogens with one attached hydrogen (secondary N) is 1. The number of alkyl halides is 3. The number of hydrogen-bond donors (Lipinski definition) is 3. The van der Waals surface area contributed by atoms with Gasteiger partial charge in [0.2, 0.25) is 17.9 Å². The van der Waals surface area contributed by atoms with Gasteiger partial charge in [-0.2, -0.15) is 23.1 Å². The van der Waals surface area contributed by atoms with Crippen LogP contribution in [0.1, 0.15) is 30.9 Å². The molecular weight excluding hydrogens is 507 g/mol. The van der Waals surface area contributed by atoms with Crippen molar-refractivity contribution in [3.8, 4) is 5.88 Å². The van der Waals surface area contributed by atoms with Crippen molar-refractivity contribution in [2.75, 3.05) is 30.3 Å². The van der Waals surface area contributed by atoms with Crippen LogP contribution < -0.4 is 20.7 Å². The van der Waals surface area contributed by atoms with E-state index in [-0.39, 0.29) is 22.8 Å². The van der Waals surface area contributed by atoms with Crippen LogP contribution in [-0.2, 0) is 4.79 Å². The quantitative estimate of drug-likeness (QED) is 0.538. The summed E-state index contributed by atoms with van der Waals surface area (Å²) in [6, 6.07) is 6.49. The minimum atomic E-state index is -4.67. The van der Waals surface area contributed by atoms with Gasteiger partial charge in [0.25, 0.3) is 0 Å². The number of ether oxygens (including phenoxy) is 1.